The largest absolute Gasteiger partial charge is 0.492 e. The maximum atomic E-state index is 12.0. The smallest absolute Gasteiger partial charge is 0.252 e. The van der Waals surface area contributed by atoms with Gasteiger partial charge in [0.05, 0.1) is 25.0 Å². The van der Waals surface area contributed by atoms with Gasteiger partial charge in [-0.3, -0.25) is 9.69 Å². The highest BCUT2D eigenvalue weighted by atomic mass is 16.5. The Hall–Kier alpha value is -3.80. The third kappa shape index (κ3) is 6.61. The molecule has 34 heavy (non-hydrogen) atoms. The fraction of sp³-hybridized carbons (Fsp3) is 0.308. The minimum atomic E-state index is -0.273. The number of hydrogen-bond donors (Lipinski definition) is 1. The van der Waals surface area contributed by atoms with Crippen LogP contribution in [0.15, 0.2) is 60.8 Å². The topological polar surface area (TPSA) is 100 Å². The molecule has 1 aliphatic rings. The highest BCUT2D eigenvalue weighted by molar-refractivity contribution is 5.94. The Kier molecular flexibility index (Phi) is 8.17. The number of aromatic nitrogens is 2. The first-order chi connectivity index (χ1) is 16.7. The first-order valence-electron chi connectivity index (χ1n) is 11.3. The number of nitrogens with zero attached hydrogens (tertiary/aromatic N) is 4. The minimum absolute atomic E-state index is 0.0165. The first kappa shape index (κ1) is 23.4. The summed E-state index contributed by atoms with van der Waals surface area (Å²) in [7, 11) is 0. The molecule has 1 fully saturated rings. The number of morpholine rings is 1. The third-order valence-electron chi connectivity index (χ3n) is 5.54. The number of carbonyl (C=O) groups is 1. The van der Waals surface area contributed by atoms with E-state index in [4.69, 9.17) is 14.7 Å². The summed E-state index contributed by atoms with van der Waals surface area (Å²) in [6.07, 6.45) is 2.35. The van der Waals surface area contributed by atoms with Gasteiger partial charge in [-0.05, 0) is 35.9 Å². The van der Waals surface area contributed by atoms with E-state index in [2.05, 4.69) is 20.2 Å². The predicted octanol–water partition coefficient (Wildman–Crippen LogP) is 2.70. The van der Waals surface area contributed by atoms with Gasteiger partial charge < -0.3 is 14.8 Å². The molecule has 0 radical (unpaired) electrons. The number of benzene rings is 2. The minimum Gasteiger partial charge on any atom is -0.492 e. The van der Waals surface area contributed by atoms with Crippen molar-refractivity contribution in [3.05, 3.63) is 77.7 Å². The predicted molar refractivity (Wildman–Crippen MR) is 127 cm³/mol. The van der Waals surface area contributed by atoms with E-state index in [0.29, 0.717) is 24.4 Å². The number of rotatable bonds is 9. The number of nitriles is 1. The van der Waals surface area contributed by atoms with Gasteiger partial charge in [-0.15, -0.1) is 0 Å². The molecule has 0 bridgehead atoms. The van der Waals surface area contributed by atoms with Crippen LogP contribution in [0.2, 0.25) is 0 Å². The molecule has 8 heteroatoms. The maximum Gasteiger partial charge on any atom is 0.252 e. The van der Waals surface area contributed by atoms with Gasteiger partial charge >= 0.3 is 0 Å². The van der Waals surface area contributed by atoms with Crippen molar-refractivity contribution < 1.29 is 14.3 Å². The van der Waals surface area contributed by atoms with Crippen LogP contribution >= 0.6 is 0 Å². The molecule has 0 spiro atoms. The zero-order valence-electron chi connectivity index (χ0n) is 18.9. The summed E-state index contributed by atoms with van der Waals surface area (Å²) in [4.78, 5) is 23.4. The van der Waals surface area contributed by atoms with Gasteiger partial charge in [-0.1, -0.05) is 24.3 Å². The molecule has 174 valence electrons. The lowest BCUT2D eigenvalue weighted by atomic mass is 10.1. The van der Waals surface area contributed by atoms with Crippen molar-refractivity contribution in [2.75, 3.05) is 46.0 Å². The fourth-order valence-electron chi connectivity index (χ4n) is 3.66. The van der Waals surface area contributed by atoms with Crippen LogP contribution in [0.3, 0.4) is 0 Å². The molecule has 1 aliphatic heterocycles. The van der Waals surface area contributed by atoms with E-state index in [-0.39, 0.29) is 12.5 Å². The normalized spacial score (nSPS) is 13.7. The Labute approximate surface area is 199 Å². The second-order valence-corrected chi connectivity index (χ2v) is 7.90. The second kappa shape index (κ2) is 11.9. The van der Waals surface area contributed by atoms with Crippen molar-refractivity contribution in [2.45, 2.75) is 6.42 Å². The van der Waals surface area contributed by atoms with Crippen molar-refractivity contribution in [3.63, 3.8) is 0 Å². The number of nitrogens with one attached hydrogen (secondary N) is 1. The molecule has 4 rings (SSSR count). The average Bonchev–Trinajstić information content (AvgIpc) is 2.89. The highest BCUT2D eigenvalue weighted by Crippen LogP contribution is 2.19. The van der Waals surface area contributed by atoms with Gasteiger partial charge in [0.2, 0.25) is 0 Å². The molecule has 1 aromatic heterocycles. The first-order valence-corrected chi connectivity index (χ1v) is 11.3. The molecule has 1 N–H and O–H groups in total. The van der Waals surface area contributed by atoms with Crippen molar-refractivity contribution in [2.24, 2.45) is 0 Å². The Morgan fingerprint density at radius 2 is 1.85 bits per heavy atom. The molecule has 2 aromatic carbocycles. The van der Waals surface area contributed by atoms with Crippen molar-refractivity contribution >= 4 is 5.91 Å². The summed E-state index contributed by atoms with van der Waals surface area (Å²) in [6, 6.07) is 18.9. The fourth-order valence-corrected chi connectivity index (χ4v) is 3.66. The molecule has 0 saturated carbocycles. The van der Waals surface area contributed by atoms with Crippen molar-refractivity contribution in [3.8, 4) is 23.1 Å². The second-order valence-electron chi connectivity index (χ2n) is 7.90. The zero-order chi connectivity index (χ0) is 23.6. The van der Waals surface area contributed by atoms with Crippen LogP contribution in [0.5, 0.6) is 5.75 Å². The summed E-state index contributed by atoms with van der Waals surface area (Å²) in [5, 5.41) is 11.1. The Morgan fingerprint density at radius 1 is 1.09 bits per heavy atom. The Bertz CT molecular complexity index is 1120. The molecular formula is C26H27N5O3. The Morgan fingerprint density at radius 3 is 2.59 bits per heavy atom. The summed E-state index contributed by atoms with van der Waals surface area (Å²) in [5.41, 5.74) is 3.28. The van der Waals surface area contributed by atoms with Gasteiger partial charge in [-0.25, -0.2) is 9.97 Å². The maximum absolute atomic E-state index is 12.0. The van der Waals surface area contributed by atoms with Crippen LogP contribution in [-0.2, 0) is 11.2 Å². The van der Waals surface area contributed by atoms with Gasteiger partial charge in [0.25, 0.3) is 5.91 Å². The van der Waals surface area contributed by atoms with E-state index in [1.165, 1.54) is 0 Å². The third-order valence-corrected chi connectivity index (χ3v) is 5.54. The van der Waals surface area contributed by atoms with E-state index in [1.807, 2.05) is 48.5 Å². The summed E-state index contributed by atoms with van der Waals surface area (Å²) >= 11 is 0. The van der Waals surface area contributed by atoms with Gasteiger partial charge in [0.1, 0.15) is 24.7 Å². The van der Waals surface area contributed by atoms with Crippen LogP contribution in [-0.4, -0.2) is 66.8 Å². The van der Waals surface area contributed by atoms with Crippen LogP contribution < -0.4 is 10.1 Å². The monoisotopic (exact) mass is 457 g/mol. The number of amides is 1. The average molecular weight is 458 g/mol. The molecular weight excluding hydrogens is 430 g/mol. The molecule has 8 nitrogen and oxygen atoms in total. The van der Waals surface area contributed by atoms with Gasteiger partial charge in [-0.2, -0.15) is 5.26 Å². The molecule has 0 aliphatic carbocycles. The number of ether oxygens (including phenoxy) is 2. The van der Waals surface area contributed by atoms with Gasteiger partial charge in [0, 0.05) is 43.4 Å². The molecule has 2 heterocycles. The SMILES string of the molecule is N#CCNC(=O)c1ccc(-c2ccnc(Cc3ccc(OCCN4CCOCC4)cc3)n2)cc1. The Balaban J connectivity index is 1.32. The van der Waals surface area contributed by atoms with E-state index < -0.39 is 0 Å². The summed E-state index contributed by atoms with van der Waals surface area (Å²) in [5.74, 6) is 1.30. The molecule has 1 saturated heterocycles. The van der Waals surface area contributed by atoms with E-state index >= 15 is 0 Å². The van der Waals surface area contributed by atoms with Crippen LogP contribution in [0.25, 0.3) is 11.3 Å². The quantitative estimate of drug-likeness (QED) is 0.493. The molecule has 1 amide bonds. The molecule has 0 atom stereocenters. The number of hydrogen-bond acceptors (Lipinski definition) is 7. The lowest BCUT2D eigenvalue weighted by Crippen LogP contribution is -2.38. The molecule has 3 aromatic rings. The highest BCUT2D eigenvalue weighted by Gasteiger charge is 2.10. The summed E-state index contributed by atoms with van der Waals surface area (Å²) < 4.78 is 11.2. The van der Waals surface area contributed by atoms with Crippen LogP contribution in [0.4, 0.5) is 0 Å². The lowest BCUT2D eigenvalue weighted by molar-refractivity contribution is 0.0322. The lowest BCUT2D eigenvalue weighted by Gasteiger charge is -2.26. The van der Waals surface area contributed by atoms with Gasteiger partial charge in [0.15, 0.2) is 0 Å². The van der Waals surface area contributed by atoms with E-state index in [9.17, 15) is 4.79 Å². The number of carbonyl (C=O) groups excluding carboxylic acids is 1. The van der Waals surface area contributed by atoms with E-state index in [1.54, 1.807) is 18.3 Å². The van der Waals surface area contributed by atoms with Crippen LogP contribution in [0, 0.1) is 11.3 Å². The van der Waals surface area contributed by atoms with Crippen molar-refractivity contribution in [1.29, 1.82) is 5.26 Å². The van der Waals surface area contributed by atoms with E-state index in [0.717, 1.165) is 55.4 Å². The standard InChI is InChI=1S/C26H27N5O3/c27-10-12-29-26(32)22-5-3-21(4-6-22)24-9-11-28-25(30-24)19-20-1-7-23(8-2-20)34-18-15-31-13-16-33-17-14-31/h1-9,11H,12-19H2,(H,29,32). The van der Waals surface area contributed by atoms with Crippen LogP contribution in [0.1, 0.15) is 21.7 Å². The van der Waals surface area contributed by atoms with Crippen molar-refractivity contribution in [1.82, 2.24) is 20.2 Å². The zero-order valence-corrected chi connectivity index (χ0v) is 18.9. The summed E-state index contributed by atoms with van der Waals surface area (Å²) in [6.45, 7) is 5.05. The molecule has 0 unspecified atom stereocenters.